The van der Waals surface area contributed by atoms with Crippen LogP contribution in [0.3, 0.4) is 0 Å². The summed E-state index contributed by atoms with van der Waals surface area (Å²) in [5.74, 6) is 0.257. The van der Waals surface area contributed by atoms with Crippen LogP contribution >= 0.6 is 0 Å². The molecule has 3 rings (SSSR count). The highest BCUT2D eigenvalue weighted by atomic mass is 32.2. The molecule has 0 radical (unpaired) electrons. The standard InChI is InChI=1S/C32H41N3O5S/c1-25(2)23-33-32(37)29(22-26-14-7-5-8-15-26)34(24-27-16-9-6-10-17-27)31(36)20-13-21-35(41(4,38)39)28-18-11-12-19-30(28)40-3/h5-12,14-19,25,29H,13,20-24H2,1-4H3,(H,33,37)/t29-/m1/s1. The molecular weight excluding hydrogens is 538 g/mol. The molecule has 0 aliphatic rings. The fourth-order valence-corrected chi connectivity index (χ4v) is 5.54. The summed E-state index contributed by atoms with van der Waals surface area (Å²) in [6.45, 7) is 4.89. The number of para-hydroxylation sites is 2. The van der Waals surface area contributed by atoms with E-state index in [9.17, 15) is 18.0 Å². The highest BCUT2D eigenvalue weighted by Gasteiger charge is 2.30. The van der Waals surface area contributed by atoms with Gasteiger partial charge in [-0.25, -0.2) is 8.42 Å². The van der Waals surface area contributed by atoms with Gasteiger partial charge in [-0.1, -0.05) is 86.6 Å². The monoisotopic (exact) mass is 579 g/mol. The van der Waals surface area contributed by atoms with Gasteiger partial charge in [-0.05, 0) is 35.6 Å². The number of methoxy groups -OCH3 is 1. The van der Waals surface area contributed by atoms with Gasteiger partial charge in [0.05, 0.1) is 19.1 Å². The number of sulfonamides is 1. The summed E-state index contributed by atoms with van der Waals surface area (Å²) in [6, 6.07) is 25.4. The van der Waals surface area contributed by atoms with Crippen LogP contribution in [0.1, 0.15) is 37.8 Å². The number of hydrogen-bond donors (Lipinski definition) is 1. The number of nitrogens with zero attached hydrogens (tertiary/aromatic N) is 2. The first-order chi connectivity index (χ1) is 19.6. The maximum atomic E-state index is 13.9. The molecule has 0 bridgehead atoms. The van der Waals surface area contributed by atoms with E-state index in [1.165, 1.54) is 11.4 Å². The Morgan fingerprint density at radius 2 is 1.46 bits per heavy atom. The van der Waals surface area contributed by atoms with E-state index in [1.54, 1.807) is 29.2 Å². The van der Waals surface area contributed by atoms with Crippen molar-refractivity contribution < 1.29 is 22.7 Å². The molecule has 0 heterocycles. The fraction of sp³-hybridized carbons (Fsp3) is 0.375. The molecule has 8 nitrogen and oxygen atoms in total. The third-order valence-electron chi connectivity index (χ3n) is 6.66. The topological polar surface area (TPSA) is 96.0 Å². The lowest BCUT2D eigenvalue weighted by Crippen LogP contribution is -2.51. The van der Waals surface area contributed by atoms with Crippen LogP contribution in [0.25, 0.3) is 0 Å². The minimum atomic E-state index is -3.64. The number of benzene rings is 3. The predicted molar refractivity (Wildman–Crippen MR) is 163 cm³/mol. The number of ether oxygens (including phenoxy) is 1. The molecule has 1 N–H and O–H groups in total. The van der Waals surface area contributed by atoms with Crippen molar-refractivity contribution in [3.63, 3.8) is 0 Å². The zero-order valence-corrected chi connectivity index (χ0v) is 25.1. The smallest absolute Gasteiger partial charge is 0.243 e. The quantitative estimate of drug-likeness (QED) is 0.283. The molecule has 2 amide bonds. The zero-order valence-electron chi connectivity index (χ0n) is 24.3. The first-order valence-electron chi connectivity index (χ1n) is 13.9. The number of nitrogens with one attached hydrogen (secondary N) is 1. The molecule has 0 aliphatic carbocycles. The summed E-state index contributed by atoms with van der Waals surface area (Å²) in [5, 5.41) is 3.02. The van der Waals surface area contributed by atoms with E-state index in [2.05, 4.69) is 5.32 Å². The van der Waals surface area contributed by atoms with Gasteiger partial charge in [0.15, 0.2) is 0 Å². The molecule has 0 unspecified atom stereocenters. The molecule has 0 spiro atoms. The number of carbonyl (C=O) groups is 2. The van der Waals surface area contributed by atoms with Gasteiger partial charge < -0.3 is 15.0 Å². The number of carbonyl (C=O) groups excluding carboxylic acids is 2. The second kappa shape index (κ2) is 15.2. The van der Waals surface area contributed by atoms with Gasteiger partial charge in [0.25, 0.3) is 0 Å². The third kappa shape index (κ3) is 9.63. The zero-order chi connectivity index (χ0) is 29.8. The fourth-order valence-electron chi connectivity index (χ4n) is 4.57. The highest BCUT2D eigenvalue weighted by molar-refractivity contribution is 7.92. The molecule has 0 saturated carbocycles. The Morgan fingerprint density at radius 3 is 2.05 bits per heavy atom. The normalized spacial score (nSPS) is 12.0. The van der Waals surface area contributed by atoms with E-state index in [4.69, 9.17) is 4.74 Å². The molecule has 0 fully saturated rings. The summed E-state index contributed by atoms with van der Waals surface area (Å²) in [4.78, 5) is 29.0. The average molecular weight is 580 g/mol. The van der Waals surface area contributed by atoms with Crippen LogP contribution in [0, 0.1) is 5.92 Å². The van der Waals surface area contributed by atoms with Gasteiger partial charge in [-0.3, -0.25) is 13.9 Å². The first kappa shape index (κ1) is 31.7. The molecule has 220 valence electrons. The van der Waals surface area contributed by atoms with E-state index < -0.39 is 16.1 Å². The minimum absolute atomic E-state index is 0.0662. The lowest BCUT2D eigenvalue weighted by Gasteiger charge is -2.32. The summed E-state index contributed by atoms with van der Waals surface area (Å²) in [6.07, 6.45) is 1.83. The number of anilines is 1. The molecule has 0 saturated heterocycles. The van der Waals surface area contributed by atoms with Gasteiger partial charge >= 0.3 is 0 Å². The Balaban J connectivity index is 1.87. The summed E-state index contributed by atoms with van der Waals surface area (Å²) in [5.41, 5.74) is 2.27. The van der Waals surface area contributed by atoms with Crippen molar-refractivity contribution in [2.24, 2.45) is 5.92 Å². The van der Waals surface area contributed by atoms with Gasteiger partial charge in [0, 0.05) is 32.5 Å². The SMILES string of the molecule is COc1ccccc1N(CCCC(=O)N(Cc1ccccc1)[C@H](Cc1ccccc1)C(=O)NCC(C)C)S(C)(=O)=O. The van der Waals surface area contributed by atoms with Gasteiger partial charge in [-0.2, -0.15) is 0 Å². The largest absolute Gasteiger partial charge is 0.495 e. The number of hydrogen-bond acceptors (Lipinski definition) is 5. The molecule has 41 heavy (non-hydrogen) atoms. The molecule has 9 heteroatoms. The Hall–Kier alpha value is -3.85. The molecule has 0 aromatic heterocycles. The van der Waals surface area contributed by atoms with Crippen molar-refractivity contribution in [2.75, 3.05) is 30.8 Å². The van der Waals surface area contributed by atoms with Crippen LogP contribution in [0.4, 0.5) is 5.69 Å². The highest BCUT2D eigenvalue weighted by Crippen LogP contribution is 2.30. The van der Waals surface area contributed by atoms with Gasteiger partial charge in [0.2, 0.25) is 21.8 Å². The number of rotatable bonds is 15. The summed E-state index contributed by atoms with van der Waals surface area (Å²) >= 11 is 0. The lowest BCUT2D eigenvalue weighted by atomic mass is 10.0. The molecule has 0 aliphatic heterocycles. The van der Waals surface area contributed by atoms with Crippen molar-refractivity contribution in [1.29, 1.82) is 0 Å². The molecule has 3 aromatic rings. The number of amides is 2. The summed E-state index contributed by atoms with van der Waals surface area (Å²) < 4.78 is 32.0. The van der Waals surface area contributed by atoms with Crippen molar-refractivity contribution in [3.05, 3.63) is 96.1 Å². The molecule has 1 atom stereocenters. The van der Waals surface area contributed by atoms with E-state index in [0.717, 1.165) is 17.4 Å². The van der Waals surface area contributed by atoms with Gasteiger partial charge in [0.1, 0.15) is 11.8 Å². The van der Waals surface area contributed by atoms with Crippen molar-refractivity contribution in [1.82, 2.24) is 10.2 Å². The van der Waals surface area contributed by atoms with Crippen molar-refractivity contribution >= 4 is 27.5 Å². The maximum absolute atomic E-state index is 13.9. The Bertz CT molecular complexity index is 1360. The van der Waals surface area contributed by atoms with E-state index in [1.807, 2.05) is 74.5 Å². The van der Waals surface area contributed by atoms with E-state index in [0.29, 0.717) is 24.4 Å². The third-order valence-corrected chi connectivity index (χ3v) is 7.84. The lowest BCUT2D eigenvalue weighted by molar-refractivity contribution is -0.141. The summed E-state index contributed by atoms with van der Waals surface area (Å²) in [7, 11) is -2.15. The van der Waals surface area contributed by atoms with Crippen LogP contribution in [-0.4, -0.2) is 57.6 Å². The average Bonchev–Trinajstić information content (AvgIpc) is 2.96. The second-order valence-corrected chi connectivity index (χ2v) is 12.4. The Morgan fingerprint density at radius 1 is 0.878 bits per heavy atom. The molecule has 3 aromatic carbocycles. The van der Waals surface area contributed by atoms with E-state index in [-0.39, 0.29) is 43.7 Å². The second-order valence-electron chi connectivity index (χ2n) is 10.5. The van der Waals surface area contributed by atoms with Crippen LogP contribution in [0.2, 0.25) is 0 Å². The van der Waals surface area contributed by atoms with Crippen molar-refractivity contribution in [3.8, 4) is 5.75 Å². The van der Waals surface area contributed by atoms with Gasteiger partial charge in [-0.15, -0.1) is 0 Å². The Labute approximate surface area is 244 Å². The van der Waals surface area contributed by atoms with Crippen LogP contribution in [0.5, 0.6) is 5.75 Å². The van der Waals surface area contributed by atoms with Crippen molar-refractivity contribution in [2.45, 2.75) is 45.7 Å². The van der Waals surface area contributed by atoms with Crippen LogP contribution in [-0.2, 0) is 32.6 Å². The Kier molecular flexibility index (Phi) is 11.8. The molecular formula is C32H41N3O5S. The first-order valence-corrected chi connectivity index (χ1v) is 15.7. The van der Waals surface area contributed by atoms with E-state index >= 15 is 0 Å². The minimum Gasteiger partial charge on any atom is -0.495 e. The van der Waals surface area contributed by atoms with Crippen LogP contribution in [0.15, 0.2) is 84.9 Å². The maximum Gasteiger partial charge on any atom is 0.243 e. The van der Waals surface area contributed by atoms with Crippen LogP contribution < -0.4 is 14.4 Å². The predicted octanol–water partition coefficient (Wildman–Crippen LogP) is 4.65.